The quantitative estimate of drug-likeness (QED) is 0.489. The molecule has 0 amide bonds. The number of nitrogens with zero attached hydrogens (tertiary/aromatic N) is 2. The fourth-order valence-corrected chi connectivity index (χ4v) is 2.87. The Morgan fingerprint density at radius 1 is 0.679 bits per heavy atom. The SMILES string of the molecule is Oc1ccc(-c2cc(-c3ccc(F)cc3)nn2-c2ccc(F)cc2F)cc1O. The summed E-state index contributed by atoms with van der Waals surface area (Å²) in [6.45, 7) is 0. The van der Waals surface area contributed by atoms with Crippen molar-refractivity contribution < 1.29 is 23.4 Å². The highest BCUT2D eigenvalue weighted by atomic mass is 19.1. The first-order chi connectivity index (χ1) is 13.4. The number of halogens is 3. The van der Waals surface area contributed by atoms with E-state index in [0.29, 0.717) is 22.5 Å². The smallest absolute Gasteiger partial charge is 0.158 e. The number of aromatic nitrogens is 2. The third-order valence-corrected chi connectivity index (χ3v) is 4.26. The summed E-state index contributed by atoms with van der Waals surface area (Å²) in [6.07, 6.45) is 0. The minimum Gasteiger partial charge on any atom is -0.504 e. The molecule has 4 nitrogen and oxygen atoms in total. The number of aromatic hydroxyl groups is 2. The van der Waals surface area contributed by atoms with Gasteiger partial charge in [0.15, 0.2) is 17.3 Å². The lowest BCUT2D eigenvalue weighted by molar-refractivity contribution is 0.404. The lowest BCUT2D eigenvalue weighted by Gasteiger charge is -2.09. The van der Waals surface area contributed by atoms with Gasteiger partial charge < -0.3 is 10.2 Å². The van der Waals surface area contributed by atoms with Crippen molar-refractivity contribution in [2.75, 3.05) is 0 Å². The molecule has 140 valence electrons. The molecule has 1 heterocycles. The molecule has 0 bridgehead atoms. The zero-order valence-electron chi connectivity index (χ0n) is 14.3. The van der Waals surface area contributed by atoms with Gasteiger partial charge in [-0.2, -0.15) is 5.10 Å². The van der Waals surface area contributed by atoms with Crippen LogP contribution in [0.15, 0.2) is 66.7 Å². The Morgan fingerprint density at radius 3 is 2.04 bits per heavy atom. The number of phenols is 2. The van der Waals surface area contributed by atoms with Crippen molar-refractivity contribution >= 4 is 0 Å². The molecular formula is C21H13F3N2O2. The van der Waals surface area contributed by atoms with Crippen LogP contribution in [-0.4, -0.2) is 20.0 Å². The van der Waals surface area contributed by atoms with Crippen LogP contribution < -0.4 is 0 Å². The van der Waals surface area contributed by atoms with Crippen molar-refractivity contribution in [3.05, 3.63) is 84.2 Å². The van der Waals surface area contributed by atoms with Gasteiger partial charge in [-0.05, 0) is 60.7 Å². The Bertz CT molecular complexity index is 1170. The number of benzene rings is 3. The van der Waals surface area contributed by atoms with E-state index in [9.17, 15) is 23.4 Å². The van der Waals surface area contributed by atoms with Gasteiger partial charge in [0, 0.05) is 17.2 Å². The Kier molecular flexibility index (Phi) is 4.27. The van der Waals surface area contributed by atoms with Gasteiger partial charge in [-0.25, -0.2) is 17.9 Å². The van der Waals surface area contributed by atoms with Crippen LogP contribution in [0, 0.1) is 17.5 Å². The van der Waals surface area contributed by atoms with Gasteiger partial charge in [0.1, 0.15) is 17.3 Å². The van der Waals surface area contributed by atoms with Gasteiger partial charge in [0.25, 0.3) is 0 Å². The summed E-state index contributed by atoms with van der Waals surface area (Å²) >= 11 is 0. The molecule has 0 aliphatic rings. The highest BCUT2D eigenvalue weighted by molar-refractivity contribution is 5.72. The summed E-state index contributed by atoms with van der Waals surface area (Å²) < 4.78 is 42.2. The first-order valence-corrected chi connectivity index (χ1v) is 8.26. The molecule has 3 aromatic carbocycles. The second-order valence-electron chi connectivity index (χ2n) is 6.13. The third-order valence-electron chi connectivity index (χ3n) is 4.26. The number of hydrogen-bond donors (Lipinski definition) is 2. The summed E-state index contributed by atoms with van der Waals surface area (Å²) in [4.78, 5) is 0. The fourth-order valence-electron chi connectivity index (χ4n) is 2.87. The summed E-state index contributed by atoms with van der Waals surface area (Å²) in [5.41, 5.74) is 1.84. The van der Waals surface area contributed by atoms with Crippen molar-refractivity contribution in [3.8, 4) is 39.7 Å². The lowest BCUT2D eigenvalue weighted by atomic mass is 10.1. The number of hydrogen-bond acceptors (Lipinski definition) is 3. The molecule has 0 radical (unpaired) electrons. The van der Waals surface area contributed by atoms with Crippen LogP contribution in [0.25, 0.3) is 28.2 Å². The van der Waals surface area contributed by atoms with Crippen molar-refractivity contribution in [2.45, 2.75) is 0 Å². The predicted molar refractivity (Wildman–Crippen MR) is 97.6 cm³/mol. The molecule has 0 aliphatic heterocycles. The van der Waals surface area contributed by atoms with Gasteiger partial charge in [0.2, 0.25) is 0 Å². The van der Waals surface area contributed by atoms with E-state index in [-0.39, 0.29) is 17.2 Å². The van der Waals surface area contributed by atoms with E-state index in [0.717, 1.165) is 12.1 Å². The monoisotopic (exact) mass is 382 g/mol. The van der Waals surface area contributed by atoms with Gasteiger partial charge in [-0.1, -0.05) is 0 Å². The second-order valence-corrected chi connectivity index (χ2v) is 6.13. The molecule has 0 saturated carbocycles. The van der Waals surface area contributed by atoms with E-state index < -0.39 is 17.5 Å². The second kappa shape index (κ2) is 6.77. The molecule has 0 aliphatic carbocycles. The Balaban J connectivity index is 1.94. The molecule has 0 unspecified atom stereocenters. The van der Waals surface area contributed by atoms with Crippen molar-refractivity contribution in [1.29, 1.82) is 0 Å². The molecule has 0 spiro atoms. The number of phenolic OH excluding ortho intramolecular Hbond substituents is 2. The molecule has 1 aromatic heterocycles. The van der Waals surface area contributed by atoms with Crippen LogP contribution in [0.5, 0.6) is 11.5 Å². The molecule has 4 aromatic rings. The van der Waals surface area contributed by atoms with Gasteiger partial charge in [-0.15, -0.1) is 0 Å². The minimum absolute atomic E-state index is 0.00248. The van der Waals surface area contributed by atoms with E-state index >= 15 is 0 Å². The van der Waals surface area contributed by atoms with Crippen LogP contribution in [0.1, 0.15) is 0 Å². The Morgan fingerprint density at radius 2 is 1.36 bits per heavy atom. The highest BCUT2D eigenvalue weighted by Gasteiger charge is 2.17. The topological polar surface area (TPSA) is 58.3 Å². The molecule has 28 heavy (non-hydrogen) atoms. The predicted octanol–water partition coefficient (Wildman–Crippen LogP) is 5.03. The fraction of sp³-hybridized carbons (Fsp3) is 0. The van der Waals surface area contributed by atoms with E-state index in [1.165, 1.54) is 53.2 Å². The lowest BCUT2D eigenvalue weighted by Crippen LogP contribution is -2.02. The Labute approximate surface area is 157 Å². The summed E-state index contributed by atoms with van der Waals surface area (Å²) in [5.74, 6) is -2.61. The first-order valence-electron chi connectivity index (χ1n) is 8.26. The number of rotatable bonds is 3. The minimum atomic E-state index is -0.821. The maximum Gasteiger partial charge on any atom is 0.158 e. The third kappa shape index (κ3) is 3.18. The van der Waals surface area contributed by atoms with Crippen LogP contribution in [0.2, 0.25) is 0 Å². The van der Waals surface area contributed by atoms with Crippen molar-refractivity contribution in [2.24, 2.45) is 0 Å². The van der Waals surface area contributed by atoms with E-state index in [4.69, 9.17) is 0 Å². The molecule has 0 fully saturated rings. The van der Waals surface area contributed by atoms with E-state index in [1.54, 1.807) is 6.07 Å². The molecule has 0 atom stereocenters. The molecule has 7 heteroatoms. The normalized spacial score (nSPS) is 11.0. The van der Waals surface area contributed by atoms with E-state index in [1.807, 2.05) is 0 Å². The maximum atomic E-state index is 14.4. The van der Waals surface area contributed by atoms with Crippen LogP contribution in [-0.2, 0) is 0 Å². The van der Waals surface area contributed by atoms with E-state index in [2.05, 4.69) is 5.10 Å². The van der Waals surface area contributed by atoms with Gasteiger partial charge in [0.05, 0.1) is 11.4 Å². The van der Waals surface area contributed by atoms with Gasteiger partial charge in [-0.3, -0.25) is 0 Å². The largest absolute Gasteiger partial charge is 0.504 e. The van der Waals surface area contributed by atoms with Crippen LogP contribution in [0.3, 0.4) is 0 Å². The first kappa shape index (κ1) is 17.7. The average molecular weight is 382 g/mol. The van der Waals surface area contributed by atoms with Crippen molar-refractivity contribution in [3.63, 3.8) is 0 Å². The summed E-state index contributed by atoms with van der Waals surface area (Å²) in [7, 11) is 0. The van der Waals surface area contributed by atoms with Crippen molar-refractivity contribution in [1.82, 2.24) is 9.78 Å². The molecule has 4 rings (SSSR count). The zero-order chi connectivity index (χ0) is 19.8. The Hall–Kier alpha value is -3.74. The molecule has 2 N–H and O–H groups in total. The van der Waals surface area contributed by atoms with Gasteiger partial charge >= 0.3 is 0 Å². The molecule has 0 saturated heterocycles. The van der Waals surface area contributed by atoms with Crippen LogP contribution in [0.4, 0.5) is 13.2 Å². The van der Waals surface area contributed by atoms with Crippen LogP contribution >= 0.6 is 0 Å². The maximum absolute atomic E-state index is 14.4. The zero-order valence-corrected chi connectivity index (χ0v) is 14.3. The summed E-state index contributed by atoms with van der Waals surface area (Å²) in [6, 6.07) is 14.5. The standard InChI is InChI=1S/C21H13F3N2O2/c22-14-4-1-12(2-5-14)17-11-19(13-3-8-20(27)21(28)9-13)26(25-17)18-7-6-15(23)10-16(18)24/h1-11,27-28H. The molecular weight excluding hydrogens is 369 g/mol. The summed E-state index contributed by atoms with van der Waals surface area (Å²) in [5, 5.41) is 23.8. The highest BCUT2D eigenvalue weighted by Crippen LogP contribution is 2.34. The average Bonchev–Trinajstić information content (AvgIpc) is 3.09.